The van der Waals surface area contributed by atoms with Crippen molar-refractivity contribution >= 4 is 0 Å². The maximum Gasteiger partial charge on any atom is 0.125 e. The van der Waals surface area contributed by atoms with Crippen LogP contribution in [0.3, 0.4) is 0 Å². The molecule has 0 saturated carbocycles. The molecule has 0 radical (unpaired) electrons. The zero-order chi connectivity index (χ0) is 14.5. The summed E-state index contributed by atoms with van der Waals surface area (Å²) < 4.78 is 0. The molecule has 2 nitrogen and oxygen atoms in total. The number of allylic oxidation sites excluding steroid dienone is 1. The highest BCUT2D eigenvalue weighted by Gasteiger charge is 1.82. The number of rotatable bonds is 1. The fraction of sp³-hybridized carbons (Fsp3) is 0.294. The Morgan fingerprint density at radius 3 is 1.68 bits per heavy atom. The quantitative estimate of drug-likeness (QED) is 0.693. The molecule has 102 valence electrons. The molecule has 1 aromatic carbocycles. The van der Waals surface area contributed by atoms with Crippen LogP contribution in [-0.4, -0.2) is 9.97 Å². The predicted octanol–water partition coefficient (Wildman–Crippen LogP) is 4.67. The van der Waals surface area contributed by atoms with Crippen LogP contribution in [0.1, 0.15) is 30.3 Å². The summed E-state index contributed by atoms with van der Waals surface area (Å²) in [6.07, 6.45) is 6.57. The second-order valence-corrected chi connectivity index (χ2v) is 4.16. The molecule has 0 aliphatic heterocycles. The second kappa shape index (κ2) is 11.1. The number of hydrogen-bond donors (Lipinski definition) is 0. The number of benzene rings is 1. The van der Waals surface area contributed by atoms with Crippen LogP contribution >= 0.6 is 0 Å². The van der Waals surface area contributed by atoms with E-state index in [4.69, 9.17) is 0 Å². The average Bonchev–Trinajstić information content (AvgIpc) is 2.44. The largest absolute Gasteiger partial charge is 0.241 e. The van der Waals surface area contributed by atoms with Gasteiger partial charge in [-0.2, -0.15) is 0 Å². The fourth-order valence-corrected chi connectivity index (χ4v) is 0.992. The van der Waals surface area contributed by atoms with Gasteiger partial charge in [-0.3, -0.25) is 0 Å². The Labute approximate surface area is 117 Å². The van der Waals surface area contributed by atoms with Gasteiger partial charge >= 0.3 is 0 Å². The van der Waals surface area contributed by atoms with Gasteiger partial charge < -0.3 is 0 Å². The first kappa shape index (κ1) is 17.0. The average molecular weight is 256 g/mol. The summed E-state index contributed by atoms with van der Waals surface area (Å²) in [6, 6.07) is 10.3. The molecular formula is C17H24N2. The Bertz CT molecular complexity index is 412. The molecule has 2 heteroatoms. The lowest BCUT2D eigenvalue weighted by Gasteiger charge is -1.88. The van der Waals surface area contributed by atoms with Gasteiger partial charge in [-0.15, -0.1) is 6.58 Å². The van der Waals surface area contributed by atoms with E-state index in [0.29, 0.717) is 0 Å². The summed E-state index contributed by atoms with van der Waals surface area (Å²) >= 11 is 0. The number of hydrogen-bond acceptors (Lipinski definition) is 2. The van der Waals surface area contributed by atoms with Gasteiger partial charge in [0, 0.05) is 12.4 Å². The first-order valence-corrected chi connectivity index (χ1v) is 6.48. The lowest BCUT2D eigenvalue weighted by atomic mass is 10.2. The smallest absolute Gasteiger partial charge is 0.125 e. The predicted molar refractivity (Wildman–Crippen MR) is 83.2 cm³/mol. The van der Waals surface area contributed by atoms with E-state index in [0.717, 1.165) is 17.8 Å². The van der Waals surface area contributed by atoms with Crippen molar-refractivity contribution in [3.8, 4) is 0 Å². The molecule has 0 saturated heterocycles. The molecular weight excluding hydrogens is 232 g/mol. The van der Waals surface area contributed by atoms with E-state index >= 15 is 0 Å². The first-order chi connectivity index (χ1) is 9.10. The first-order valence-electron chi connectivity index (χ1n) is 6.48. The molecule has 0 atom stereocenters. The summed E-state index contributed by atoms with van der Waals surface area (Å²) in [5.41, 5.74) is 2.43. The molecule has 0 N–H and O–H groups in total. The Kier molecular flexibility index (Phi) is 10.00. The summed E-state index contributed by atoms with van der Waals surface area (Å²) in [5.74, 6) is 0.829. The fourth-order valence-electron chi connectivity index (χ4n) is 0.992. The summed E-state index contributed by atoms with van der Waals surface area (Å²) in [4.78, 5) is 7.94. The van der Waals surface area contributed by atoms with Crippen molar-refractivity contribution in [2.75, 3.05) is 0 Å². The van der Waals surface area contributed by atoms with Crippen LogP contribution in [-0.2, 0) is 0 Å². The molecule has 0 fully saturated rings. The lowest BCUT2D eigenvalue weighted by Crippen LogP contribution is -1.84. The molecule has 0 aliphatic rings. The van der Waals surface area contributed by atoms with Gasteiger partial charge in [0.05, 0.1) is 0 Å². The van der Waals surface area contributed by atoms with Crippen LogP contribution in [0.2, 0.25) is 0 Å². The van der Waals surface area contributed by atoms with Crippen molar-refractivity contribution in [2.45, 2.75) is 34.1 Å². The highest BCUT2D eigenvalue weighted by atomic mass is 14.8. The van der Waals surface area contributed by atoms with Crippen molar-refractivity contribution in [1.82, 2.24) is 9.97 Å². The summed E-state index contributed by atoms with van der Waals surface area (Å²) in [6.45, 7) is 11.5. The van der Waals surface area contributed by atoms with Crippen molar-refractivity contribution < 1.29 is 0 Å². The molecule has 0 unspecified atom stereocenters. The van der Waals surface area contributed by atoms with E-state index in [1.54, 1.807) is 0 Å². The van der Waals surface area contributed by atoms with Crippen molar-refractivity contribution in [2.24, 2.45) is 0 Å². The topological polar surface area (TPSA) is 25.8 Å². The van der Waals surface area contributed by atoms with Crippen molar-refractivity contribution in [1.29, 1.82) is 0 Å². The van der Waals surface area contributed by atoms with E-state index in [2.05, 4.69) is 42.5 Å². The third kappa shape index (κ3) is 10.9. The monoisotopic (exact) mass is 256 g/mol. The normalized spacial score (nSPS) is 8.42. The standard InChI is InChI=1S/C7H8.C6H8N2.C4H8/c1-7-5-3-2-4-6-7;1-5-3-7-6(2)8-4-5;1-3-4-2/h2-6H,1H3;3-4H,1-2H3;3H,1,4H2,2H3. The zero-order valence-corrected chi connectivity index (χ0v) is 12.4. The molecule has 2 rings (SSSR count). The van der Waals surface area contributed by atoms with Crippen LogP contribution in [0.5, 0.6) is 0 Å². The molecule has 19 heavy (non-hydrogen) atoms. The minimum absolute atomic E-state index is 0.829. The molecule has 0 bridgehead atoms. The molecule has 1 heterocycles. The molecule has 2 aromatic rings. The van der Waals surface area contributed by atoms with Gasteiger partial charge in [0.1, 0.15) is 5.82 Å². The van der Waals surface area contributed by atoms with E-state index < -0.39 is 0 Å². The van der Waals surface area contributed by atoms with Gasteiger partial charge in [-0.25, -0.2) is 9.97 Å². The molecule has 0 aliphatic carbocycles. The highest BCUT2D eigenvalue weighted by Crippen LogP contribution is 1.92. The third-order valence-corrected chi connectivity index (χ3v) is 2.14. The Balaban J connectivity index is 0.000000272. The lowest BCUT2D eigenvalue weighted by molar-refractivity contribution is 1.03. The van der Waals surface area contributed by atoms with E-state index in [1.807, 2.05) is 50.5 Å². The second-order valence-electron chi connectivity index (χ2n) is 4.16. The number of nitrogens with zero attached hydrogens (tertiary/aromatic N) is 2. The van der Waals surface area contributed by atoms with Crippen LogP contribution in [0.4, 0.5) is 0 Å². The van der Waals surface area contributed by atoms with Crippen LogP contribution < -0.4 is 0 Å². The molecule has 0 spiro atoms. The van der Waals surface area contributed by atoms with Gasteiger partial charge in [0.25, 0.3) is 0 Å². The van der Waals surface area contributed by atoms with Gasteiger partial charge in [0.15, 0.2) is 0 Å². The van der Waals surface area contributed by atoms with E-state index in [9.17, 15) is 0 Å². The summed E-state index contributed by atoms with van der Waals surface area (Å²) in [7, 11) is 0. The van der Waals surface area contributed by atoms with Crippen molar-refractivity contribution in [3.63, 3.8) is 0 Å². The van der Waals surface area contributed by atoms with E-state index in [-0.39, 0.29) is 0 Å². The minimum Gasteiger partial charge on any atom is -0.241 e. The molecule has 1 aromatic heterocycles. The maximum atomic E-state index is 3.97. The van der Waals surface area contributed by atoms with Gasteiger partial charge in [-0.1, -0.05) is 48.9 Å². The van der Waals surface area contributed by atoms with Crippen LogP contribution in [0.15, 0.2) is 55.4 Å². The van der Waals surface area contributed by atoms with E-state index in [1.165, 1.54) is 5.56 Å². The SMILES string of the molecule is C=CCC.Cc1ccccc1.Cc1cnc(C)nc1. The highest BCUT2D eigenvalue weighted by molar-refractivity contribution is 5.11. The van der Waals surface area contributed by atoms with Crippen LogP contribution in [0, 0.1) is 20.8 Å². The number of aromatic nitrogens is 2. The Hall–Kier alpha value is -1.96. The third-order valence-electron chi connectivity index (χ3n) is 2.14. The Morgan fingerprint density at radius 2 is 1.42 bits per heavy atom. The Morgan fingerprint density at radius 1 is 0.947 bits per heavy atom. The van der Waals surface area contributed by atoms with Gasteiger partial charge in [-0.05, 0) is 32.8 Å². The zero-order valence-electron chi connectivity index (χ0n) is 12.4. The minimum atomic E-state index is 0.829. The summed E-state index contributed by atoms with van der Waals surface area (Å²) in [5, 5.41) is 0. The molecule has 0 amide bonds. The van der Waals surface area contributed by atoms with Crippen molar-refractivity contribution in [3.05, 3.63) is 72.3 Å². The van der Waals surface area contributed by atoms with Gasteiger partial charge in [0.2, 0.25) is 0 Å². The van der Waals surface area contributed by atoms with Crippen LogP contribution in [0.25, 0.3) is 0 Å². The maximum absolute atomic E-state index is 3.97. The number of aryl methyl sites for hydroxylation is 3.